The molecule has 0 aliphatic heterocycles. The van der Waals surface area contributed by atoms with Crippen molar-refractivity contribution in [3.05, 3.63) is 17.8 Å². The van der Waals surface area contributed by atoms with E-state index in [2.05, 4.69) is 10.4 Å². The molecule has 1 aromatic heterocycles. The monoisotopic (exact) mass is 177 g/mol. The van der Waals surface area contributed by atoms with Crippen LogP contribution in [0.1, 0.15) is 5.69 Å². The highest BCUT2D eigenvalue weighted by atomic mass is 15.5. The van der Waals surface area contributed by atoms with Gasteiger partial charge in [-0.1, -0.05) is 0 Å². The maximum atomic E-state index is 8.64. The third kappa shape index (κ3) is 2.32. The lowest BCUT2D eigenvalue weighted by atomic mass is 10.3. The minimum atomic E-state index is 0.242. The van der Waals surface area contributed by atoms with E-state index in [0.717, 1.165) is 0 Å². The molecule has 0 radical (unpaired) electrons. The average molecular weight is 177 g/mol. The first-order valence-electron chi connectivity index (χ1n) is 3.74. The lowest BCUT2D eigenvalue weighted by molar-refractivity contribution is 0.492. The summed E-state index contributed by atoms with van der Waals surface area (Å²) < 4.78 is 0. The van der Waals surface area contributed by atoms with Crippen molar-refractivity contribution in [2.45, 2.75) is 0 Å². The van der Waals surface area contributed by atoms with E-state index in [1.54, 1.807) is 17.1 Å². The zero-order valence-electron chi connectivity index (χ0n) is 7.57. The molecule has 5 nitrogen and oxygen atoms in total. The smallest absolute Gasteiger partial charge is 0.165 e. The zero-order chi connectivity index (χ0) is 9.84. The minimum Gasteiger partial charge on any atom is -0.396 e. The van der Waals surface area contributed by atoms with Crippen LogP contribution in [-0.2, 0) is 0 Å². The normalized spacial score (nSPS) is 9.69. The Labute approximate surface area is 76.8 Å². The fourth-order valence-electron chi connectivity index (χ4n) is 0.851. The Morgan fingerprint density at radius 3 is 2.77 bits per heavy atom. The molecule has 0 bridgehead atoms. The van der Waals surface area contributed by atoms with Gasteiger partial charge >= 0.3 is 0 Å². The summed E-state index contributed by atoms with van der Waals surface area (Å²) in [6, 6.07) is 5.28. The third-order valence-corrected chi connectivity index (χ3v) is 1.37. The lowest BCUT2D eigenvalue weighted by Gasteiger charge is -2.12. The highest BCUT2D eigenvalue weighted by molar-refractivity contribution is 5.54. The van der Waals surface area contributed by atoms with E-state index in [0.29, 0.717) is 11.5 Å². The largest absolute Gasteiger partial charge is 0.396 e. The van der Waals surface area contributed by atoms with Crippen LogP contribution < -0.4 is 11.2 Å². The Morgan fingerprint density at radius 1 is 1.54 bits per heavy atom. The van der Waals surface area contributed by atoms with Gasteiger partial charge in [0.05, 0.1) is 5.69 Å². The highest BCUT2D eigenvalue weighted by Gasteiger charge is 2.01. The summed E-state index contributed by atoms with van der Waals surface area (Å²) >= 11 is 0. The molecule has 0 saturated carbocycles. The summed E-state index contributed by atoms with van der Waals surface area (Å²) in [4.78, 5) is 3.99. The number of rotatable bonds is 2. The Kier molecular flexibility index (Phi) is 2.67. The van der Waals surface area contributed by atoms with Gasteiger partial charge in [0.15, 0.2) is 5.69 Å². The average Bonchev–Trinajstić information content (AvgIpc) is 2.07. The van der Waals surface area contributed by atoms with Crippen molar-refractivity contribution in [1.82, 2.24) is 9.99 Å². The molecule has 0 aliphatic carbocycles. The first kappa shape index (κ1) is 9.29. The maximum absolute atomic E-state index is 8.64. The van der Waals surface area contributed by atoms with E-state index in [4.69, 9.17) is 11.0 Å². The number of nitrogens with zero attached hydrogens (tertiary/aromatic N) is 3. The molecule has 13 heavy (non-hydrogen) atoms. The molecule has 1 heterocycles. The molecule has 3 N–H and O–H groups in total. The van der Waals surface area contributed by atoms with Crippen LogP contribution in [-0.4, -0.2) is 24.1 Å². The van der Waals surface area contributed by atoms with E-state index in [9.17, 15) is 0 Å². The number of anilines is 2. The van der Waals surface area contributed by atoms with Crippen molar-refractivity contribution in [2.24, 2.45) is 0 Å². The van der Waals surface area contributed by atoms with Gasteiger partial charge in [0.1, 0.15) is 11.9 Å². The van der Waals surface area contributed by atoms with Crippen LogP contribution in [0, 0.1) is 11.3 Å². The Balaban J connectivity index is 2.95. The van der Waals surface area contributed by atoms with Gasteiger partial charge in [0.2, 0.25) is 0 Å². The molecule has 68 valence electrons. The van der Waals surface area contributed by atoms with E-state index >= 15 is 0 Å². The predicted molar refractivity (Wildman–Crippen MR) is 50.7 cm³/mol. The molecule has 0 atom stereocenters. The van der Waals surface area contributed by atoms with Gasteiger partial charge in [-0.2, -0.15) is 5.26 Å². The van der Waals surface area contributed by atoms with Crippen molar-refractivity contribution in [1.29, 1.82) is 5.26 Å². The molecule has 0 aromatic carbocycles. The van der Waals surface area contributed by atoms with Gasteiger partial charge in [-0.25, -0.2) is 9.99 Å². The quantitative estimate of drug-likeness (QED) is 0.640. The minimum absolute atomic E-state index is 0.242. The van der Waals surface area contributed by atoms with Crippen molar-refractivity contribution in [3.8, 4) is 6.07 Å². The number of aromatic nitrogens is 1. The molecule has 1 aromatic rings. The molecular weight excluding hydrogens is 166 g/mol. The number of nitriles is 1. The molecular formula is C8H11N5. The molecule has 0 amide bonds. The summed E-state index contributed by atoms with van der Waals surface area (Å²) in [5.74, 6) is 0.607. The Morgan fingerprint density at radius 2 is 2.23 bits per heavy atom. The van der Waals surface area contributed by atoms with Gasteiger partial charge in [0.25, 0.3) is 0 Å². The first-order valence-corrected chi connectivity index (χ1v) is 3.74. The van der Waals surface area contributed by atoms with E-state index in [1.807, 2.05) is 20.2 Å². The summed E-state index contributed by atoms with van der Waals surface area (Å²) in [6.07, 6.45) is 0. The standard InChI is InChI=1S/C8H11N5/c1-13(2)12-8-4-3-6(10)7(5-9)11-8/h3-4H,10H2,1-2H3,(H,11,12). The number of hydrogen-bond acceptors (Lipinski definition) is 5. The van der Waals surface area contributed by atoms with Crippen LogP contribution in [0.25, 0.3) is 0 Å². The van der Waals surface area contributed by atoms with Crippen LogP contribution in [0.4, 0.5) is 11.5 Å². The van der Waals surface area contributed by atoms with Crippen molar-refractivity contribution >= 4 is 11.5 Å². The predicted octanol–water partition coefficient (Wildman–Crippen LogP) is 0.424. The number of hydrogen-bond donors (Lipinski definition) is 2. The second-order valence-corrected chi connectivity index (χ2v) is 2.75. The molecule has 0 aliphatic rings. The van der Waals surface area contributed by atoms with Crippen LogP contribution >= 0.6 is 0 Å². The molecule has 0 fully saturated rings. The van der Waals surface area contributed by atoms with E-state index < -0.39 is 0 Å². The fraction of sp³-hybridized carbons (Fsp3) is 0.250. The highest BCUT2D eigenvalue weighted by Crippen LogP contribution is 2.11. The van der Waals surface area contributed by atoms with Crippen LogP contribution in [0.3, 0.4) is 0 Å². The Bertz CT molecular complexity index is 339. The van der Waals surface area contributed by atoms with Crippen molar-refractivity contribution in [2.75, 3.05) is 25.3 Å². The molecule has 0 unspecified atom stereocenters. The van der Waals surface area contributed by atoms with Gasteiger partial charge in [-0.15, -0.1) is 0 Å². The number of hydrazine groups is 1. The number of nitrogens with one attached hydrogen (secondary N) is 1. The van der Waals surface area contributed by atoms with E-state index in [1.165, 1.54) is 0 Å². The second kappa shape index (κ2) is 3.74. The zero-order valence-corrected chi connectivity index (χ0v) is 7.57. The van der Waals surface area contributed by atoms with Crippen LogP contribution in [0.2, 0.25) is 0 Å². The SMILES string of the molecule is CN(C)Nc1ccc(N)c(C#N)n1. The first-order chi connectivity index (χ1) is 6.13. The Hall–Kier alpha value is -1.80. The molecule has 5 heteroatoms. The summed E-state index contributed by atoms with van der Waals surface area (Å²) in [7, 11) is 3.67. The second-order valence-electron chi connectivity index (χ2n) is 2.75. The van der Waals surface area contributed by atoms with Crippen molar-refractivity contribution < 1.29 is 0 Å². The van der Waals surface area contributed by atoms with Crippen LogP contribution in [0.5, 0.6) is 0 Å². The summed E-state index contributed by atoms with van der Waals surface area (Å²) in [5.41, 5.74) is 9.06. The fourth-order valence-corrected chi connectivity index (χ4v) is 0.851. The number of nitrogen functional groups attached to an aromatic ring is 1. The third-order valence-electron chi connectivity index (χ3n) is 1.37. The van der Waals surface area contributed by atoms with E-state index in [-0.39, 0.29) is 5.69 Å². The lowest BCUT2D eigenvalue weighted by Crippen LogP contribution is -2.20. The molecule has 0 saturated heterocycles. The number of pyridine rings is 1. The van der Waals surface area contributed by atoms with Crippen molar-refractivity contribution in [3.63, 3.8) is 0 Å². The number of nitrogens with two attached hydrogens (primary N) is 1. The maximum Gasteiger partial charge on any atom is 0.165 e. The molecule has 1 rings (SSSR count). The van der Waals surface area contributed by atoms with Gasteiger partial charge < -0.3 is 11.2 Å². The van der Waals surface area contributed by atoms with Gasteiger partial charge in [-0.05, 0) is 12.1 Å². The topological polar surface area (TPSA) is 78.0 Å². The summed E-state index contributed by atoms with van der Waals surface area (Å²) in [5, 5.41) is 10.4. The van der Waals surface area contributed by atoms with Gasteiger partial charge in [-0.3, -0.25) is 0 Å². The molecule has 0 spiro atoms. The van der Waals surface area contributed by atoms with Gasteiger partial charge in [0, 0.05) is 14.1 Å². The summed E-state index contributed by atoms with van der Waals surface area (Å²) in [6.45, 7) is 0. The van der Waals surface area contributed by atoms with Crippen LogP contribution in [0.15, 0.2) is 12.1 Å².